The van der Waals surface area contributed by atoms with Crippen LogP contribution in [0.4, 0.5) is 0 Å². The van der Waals surface area contributed by atoms with E-state index in [4.69, 9.17) is 13.5 Å². The first-order valence-corrected chi connectivity index (χ1v) is 28.7. The first-order chi connectivity index (χ1) is 39.3. The highest BCUT2D eigenvalue weighted by Crippen LogP contribution is 2.49. The summed E-state index contributed by atoms with van der Waals surface area (Å²) in [5.41, 5.74) is 18.8. The normalized spacial score (nSPS) is 15.2. The number of furan rings is 1. The maximum absolute atomic E-state index is 11.5. The van der Waals surface area contributed by atoms with E-state index in [-0.39, 0.29) is 44.9 Å². The van der Waals surface area contributed by atoms with Crippen molar-refractivity contribution in [2.45, 2.75) is 165 Å². The molecule has 0 radical (unpaired) electrons. The second kappa shape index (κ2) is 16.6. The summed E-state index contributed by atoms with van der Waals surface area (Å²) in [7, 11) is 0. The van der Waals surface area contributed by atoms with Gasteiger partial charge in [0.05, 0.1) is 28.4 Å². The fourth-order valence-corrected chi connectivity index (χ4v) is 13.3. The van der Waals surface area contributed by atoms with Crippen molar-refractivity contribution in [1.82, 2.24) is 14.1 Å². The van der Waals surface area contributed by atoms with Crippen LogP contribution in [-0.4, -0.2) is 20.8 Å². The van der Waals surface area contributed by atoms with E-state index in [1.165, 1.54) is 77.4 Å². The van der Waals surface area contributed by atoms with Gasteiger partial charge in [-0.15, -0.1) is 0 Å². The Hall–Kier alpha value is -7.36. The molecule has 0 amide bonds. The number of nitriles is 1. The van der Waals surface area contributed by atoms with Gasteiger partial charge < -0.3 is 13.6 Å². The molecule has 0 unspecified atom stereocenters. The third-order valence-electron chi connectivity index (χ3n) is 17.5. The van der Waals surface area contributed by atoms with E-state index in [0.717, 1.165) is 44.3 Å². The van der Waals surface area contributed by atoms with E-state index in [0.29, 0.717) is 33.6 Å². The number of aromatic nitrogens is 3. The van der Waals surface area contributed by atoms with E-state index in [9.17, 15) is 8.00 Å². The van der Waals surface area contributed by atoms with Gasteiger partial charge in [-0.05, 0) is 179 Å². The monoisotopic (exact) mass is 1050 g/mol. The lowest BCUT2D eigenvalue weighted by Crippen LogP contribution is -2.59. The summed E-state index contributed by atoms with van der Waals surface area (Å²) in [6.45, 7) is 36.8. The molecule has 0 spiro atoms. The summed E-state index contributed by atoms with van der Waals surface area (Å²) in [4.78, 5) is 4.83. The Kier molecular flexibility index (Phi) is 9.64. The van der Waals surface area contributed by atoms with Crippen molar-refractivity contribution in [2.24, 2.45) is 5.41 Å². The largest absolute Gasteiger partial charge is 0.455 e. The Bertz CT molecular complexity index is 4620. The molecule has 80 heavy (non-hydrogen) atoms. The van der Waals surface area contributed by atoms with Gasteiger partial charge in [-0.25, -0.2) is 0 Å². The third-order valence-corrected chi connectivity index (χ3v) is 17.5. The molecular weight excluding hydrogens is 972 g/mol. The molecule has 0 atom stereocenters. The number of pyridine rings is 1. The van der Waals surface area contributed by atoms with Crippen LogP contribution in [0.5, 0.6) is 0 Å². The molecule has 7 aromatic carbocycles. The molecule has 2 aliphatic heterocycles. The number of hydrogen-bond donors (Lipinski definition) is 0. The minimum Gasteiger partial charge on any atom is -0.455 e. The standard InChI is InChI=1S/C74H77BN4O/c1-40-39-77-57(28-43(40)37-69(2,3)4)48-24-25-54(74(17,18)19)63-49-23-20-41(38-76)62(68(49)80-67(48)63)42-29-60-64-61(30-42)79-59-27-22-45(71(8,9)10)32-51(59)53-34-47(73(14,15)16)36-56(66(53)79)75(64)55-35-46(72(11,12)13)33-52-50-31-44(70(5,6)7)21-26-58(50)78(60)65(52)55/h20-36,39H,37H2,1-19H3/i1D3,37D2. The van der Waals surface area contributed by atoms with Gasteiger partial charge in [0.2, 0.25) is 0 Å². The molecule has 5 nitrogen and oxygen atoms in total. The Morgan fingerprint density at radius 1 is 0.562 bits per heavy atom. The fraction of sp³-hybridized carbons (Fsp3) is 0.351. The first-order valence-electron chi connectivity index (χ1n) is 31.2. The van der Waals surface area contributed by atoms with Crippen LogP contribution in [0, 0.1) is 23.6 Å². The van der Waals surface area contributed by atoms with Crippen LogP contribution in [0.2, 0.25) is 0 Å². The van der Waals surface area contributed by atoms with Gasteiger partial charge in [0, 0.05) is 78.9 Å². The molecule has 13 rings (SSSR count). The van der Waals surface area contributed by atoms with Crippen LogP contribution in [0.15, 0.2) is 114 Å². The zero-order chi connectivity index (χ0) is 61.3. The molecule has 0 N–H and O–H groups in total. The van der Waals surface area contributed by atoms with Crippen LogP contribution in [0.3, 0.4) is 0 Å². The number of rotatable bonds is 3. The minimum atomic E-state index is -2.61. The lowest BCUT2D eigenvalue weighted by molar-refractivity contribution is 0.410. The summed E-state index contributed by atoms with van der Waals surface area (Å²) in [5, 5.41) is 18.1. The van der Waals surface area contributed by atoms with Crippen LogP contribution >= 0.6 is 0 Å². The van der Waals surface area contributed by atoms with Crippen LogP contribution in [0.25, 0.3) is 99.3 Å². The van der Waals surface area contributed by atoms with Crippen molar-refractivity contribution < 1.29 is 11.3 Å². The third kappa shape index (κ3) is 7.72. The van der Waals surface area contributed by atoms with Gasteiger partial charge in [-0.2, -0.15) is 5.26 Å². The molecule has 2 aliphatic rings. The van der Waals surface area contributed by atoms with Crippen LogP contribution in [0.1, 0.15) is 176 Å². The molecule has 402 valence electrons. The van der Waals surface area contributed by atoms with E-state index in [1.54, 1.807) is 26.8 Å². The summed E-state index contributed by atoms with van der Waals surface area (Å²) in [6, 6.07) is 41.0. The number of hydrogen-bond acceptors (Lipinski definition) is 3. The topological polar surface area (TPSA) is 59.7 Å². The van der Waals surface area contributed by atoms with Crippen molar-refractivity contribution in [2.75, 3.05) is 0 Å². The molecule has 0 bridgehead atoms. The van der Waals surface area contributed by atoms with E-state index >= 15 is 0 Å². The van der Waals surface area contributed by atoms with Crippen LogP contribution in [-0.2, 0) is 33.4 Å². The molecule has 0 saturated heterocycles. The quantitative estimate of drug-likeness (QED) is 0.166. The zero-order valence-corrected chi connectivity index (χ0v) is 50.2. The molecule has 11 aromatic rings. The average Bonchev–Trinajstić information content (AvgIpc) is 1.60. The summed E-state index contributed by atoms with van der Waals surface area (Å²) in [6.07, 6.45) is -0.727. The second-order valence-corrected chi connectivity index (χ2v) is 29.6. The van der Waals surface area contributed by atoms with Crippen molar-refractivity contribution in [3.05, 3.63) is 154 Å². The summed E-state index contributed by atoms with van der Waals surface area (Å²) >= 11 is 0. The van der Waals surface area contributed by atoms with Gasteiger partial charge in [-0.3, -0.25) is 4.98 Å². The van der Waals surface area contributed by atoms with Crippen molar-refractivity contribution >= 4 is 88.7 Å². The predicted octanol–water partition coefficient (Wildman–Crippen LogP) is 17.9. The zero-order valence-electron chi connectivity index (χ0n) is 55.2. The number of benzene rings is 7. The van der Waals surface area contributed by atoms with Gasteiger partial charge >= 0.3 is 0 Å². The maximum atomic E-state index is 11.5. The Labute approximate surface area is 481 Å². The lowest BCUT2D eigenvalue weighted by Gasteiger charge is -2.36. The summed E-state index contributed by atoms with van der Waals surface area (Å²) < 4.78 is 56.9. The molecule has 6 heterocycles. The number of fused-ring (bicyclic) bond motifs is 13. The highest BCUT2D eigenvalue weighted by atomic mass is 16.3. The first kappa shape index (κ1) is 46.4. The van der Waals surface area contributed by atoms with Gasteiger partial charge in [0.25, 0.3) is 6.71 Å². The molecule has 4 aromatic heterocycles. The van der Waals surface area contributed by atoms with E-state index in [2.05, 4.69) is 198 Å². The van der Waals surface area contributed by atoms with E-state index in [1.807, 2.05) is 18.2 Å². The highest BCUT2D eigenvalue weighted by Gasteiger charge is 2.43. The van der Waals surface area contributed by atoms with E-state index < -0.39 is 18.6 Å². The summed E-state index contributed by atoms with van der Waals surface area (Å²) in [5.74, 6) is 0. The van der Waals surface area contributed by atoms with Gasteiger partial charge in [0.1, 0.15) is 11.2 Å². The van der Waals surface area contributed by atoms with Gasteiger partial charge in [-0.1, -0.05) is 155 Å². The fourth-order valence-electron chi connectivity index (χ4n) is 13.3. The second-order valence-electron chi connectivity index (χ2n) is 29.6. The molecule has 0 fully saturated rings. The lowest BCUT2D eigenvalue weighted by atomic mass is 9.33. The maximum Gasteiger partial charge on any atom is 0.252 e. The molecule has 0 saturated carbocycles. The number of aryl methyl sites for hydroxylation is 1. The smallest absolute Gasteiger partial charge is 0.252 e. The predicted molar refractivity (Wildman–Crippen MR) is 342 cm³/mol. The Balaban J connectivity index is 1.21. The minimum absolute atomic E-state index is 0.0675. The van der Waals surface area contributed by atoms with Crippen LogP contribution < -0.4 is 16.4 Å². The van der Waals surface area contributed by atoms with Crippen molar-refractivity contribution in [3.8, 4) is 39.8 Å². The molecule has 6 heteroatoms. The van der Waals surface area contributed by atoms with Crippen molar-refractivity contribution in [3.63, 3.8) is 0 Å². The van der Waals surface area contributed by atoms with Gasteiger partial charge in [0.15, 0.2) is 0 Å². The Morgan fingerprint density at radius 2 is 1.09 bits per heavy atom. The molecule has 0 aliphatic carbocycles. The highest BCUT2D eigenvalue weighted by molar-refractivity contribution is 7.00. The number of nitrogens with zero attached hydrogens (tertiary/aromatic N) is 4. The SMILES string of the molecule is [2H]C([2H])([2H])c1cnc(-c2ccc(C(C)(C)C)c3c2oc2c(-c4cc5c6c(c4)-n4c7ccc(C(C)(C)C)cc7c7cc(C(C)(C)C)cc(c74)B6c4cc(C(C)(C)C)cc6c7cc(C(C)(C)C)ccc7n-5c46)c(C#N)ccc23)cc1C([2H])([2H])C(C)(C)C. The average molecular weight is 1050 g/mol. The molecular formula is C74H77BN4O. The Morgan fingerprint density at radius 3 is 1.56 bits per heavy atom. The van der Waals surface area contributed by atoms with Crippen molar-refractivity contribution in [1.29, 1.82) is 5.26 Å².